The van der Waals surface area contributed by atoms with E-state index in [4.69, 9.17) is 0 Å². The molecule has 1 aliphatic heterocycles. The second-order valence-electron chi connectivity index (χ2n) is 6.46. The van der Waals surface area contributed by atoms with Crippen LogP contribution in [0.3, 0.4) is 0 Å². The van der Waals surface area contributed by atoms with Crippen LogP contribution in [0.2, 0.25) is 0 Å². The Morgan fingerprint density at radius 2 is 1.96 bits per heavy atom. The molecule has 0 aliphatic carbocycles. The summed E-state index contributed by atoms with van der Waals surface area (Å²) in [6.07, 6.45) is 5.66. The molecule has 0 spiro atoms. The van der Waals surface area contributed by atoms with Crippen LogP contribution in [0, 0.1) is 11.8 Å². The summed E-state index contributed by atoms with van der Waals surface area (Å²) in [4.78, 5) is 29.8. The molecule has 6 heteroatoms. The number of aromatic nitrogens is 1. The maximum atomic E-state index is 11.7. The maximum absolute atomic E-state index is 11.7. The summed E-state index contributed by atoms with van der Waals surface area (Å²) in [5, 5.41) is 5.38. The summed E-state index contributed by atoms with van der Waals surface area (Å²) in [7, 11) is 0. The normalized spacial score (nSPS) is 15.5. The number of hydrogen-bond donors (Lipinski definition) is 2. The van der Waals surface area contributed by atoms with Crippen LogP contribution < -0.4 is 15.5 Å². The van der Waals surface area contributed by atoms with Gasteiger partial charge in [-0.15, -0.1) is 0 Å². The highest BCUT2D eigenvalue weighted by Crippen LogP contribution is 2.21. The zero-order valence-electron chi connectivity index (χ0n) is 13.9. The highest BCUT2D eigenvalue weighted by atomic mass is 16.2. The van der Waals surface area contributed by atoms with Crippen molar-refractivity contribution in [2.24, 2.45) is 11.8 Å². The summed E-state index contributed by atoms with van der Waals surface area (Å²) >= 11 is 0. The third-order valence-corrected chi connectivity index (χ3v) is 4.05. The van der Waals surface area contributed by atoms with Gasteiger partial charge < -0.3 is 15.5 Å². The van der Waals surface area contributed by atoms with Gasteiger partial charge in [0.15, 0.2) is 0 Å². The minimum absolute atomic E-state index is 0.337. The summed E-state index contributed by atoms with van der Waals surface area (Å²) in [5.41, 5.74) is 1.14. The quantitative estimate of drug-likeness (QED) is 0.800. The molecule has 1 aliphatic rings. The number of piperidine rings is 1. The molecule has 0 atom stereocenters. The fourth-order valence-electron chi connectivity index (χ4n) is 2.63. The van der Waals surface area contributed by atoms with Gasteiger partial charge in [-0.3, -0.25) is 14.6 Å². The van der Waals surface area contributed by atoms with Crippen molar-refractivity contribution < 1.29 is 9.59 Å². The van der Waals surface area contributed by atoms with E-state index >= 15 is 0 Å². The number of carbonyl (C=O) groups excluding carboxylic acids is 2. The van der Waals surface area contributed by atoms with Crippen molar-refractivity contribution in [2.45, 2.75) is 26.7 Å². The standard InChI is InChI=1S/C17H26N4O2/c1-13(2)10-19-16(22)17(23)20-11-14-5-8-21(9-6-14)15-4-3-7-18-12-15/h3-4,7,12-14H,5-6,8-11H2,1-2H3,(H,19,22)(H,20,23). The predicted octanol–water partition coefficient (Wildman–Crippen LogP) is 1.19. The van der Waals surface area contributed by atoms with Crippen molar-refractivity contribution in [1.82, 2.24) is 15.6 Å². The van der Waals surface area contributed by atoms with E-state index in [1.54, 1.807) is 6.20 Å². The largest absolute Gasteiger partial charge is 0.370 e. The summed E-state index contributed by atoms with van der Waals surface area (Å²) in [6, 6.07) is 4.01. The van der Waals surface area contributed by atoms with E-state index in [2.05, 4.69) is 26.6 Å². The summed E-state index contributed by atoms with van der Waals surface area (Å²) in [6.45, 7) is 6.98. The maximum Gasteiger partial charge on any atom is 0.309 e. The molecule has 23 heavy (non-hydrogen) atoms. The van der Waals surface area contributed by atoms with Gasteiger partial charge in [0.2, 0.25) is 0 Å². The molecule has 2 heterocycles. The molecule has 0 radical (unpaired) electrons. The van der Waals surface area contributed by atoms with Gasteiger partial charge in [-0.25, -0.2) is 0 Å². The van der Waals surface area contributed by atoms with Crippen LogP contribution in [0.15, 0.2) is 24.5 Å². The molecule has 1 saturated heterocycles. The highest BCUT2D eigenvalue weighted by molar-refractivity contribution is 6.35. The SMILES string of the molecule is CC(C)CNC(=O)C(=O)NCC1CCN(c2cccnc2)CC1. The van der Waals surface area contributed by atoms with E-state index in [0.29, 0.717) is 24.9 Å². The monoisotopic (exact) mass is 318 g/mol. The lowest BCUT2D eigenvalue weighted by molar-refractivity contribution is -0.139. The fraction of sp³-hybridized carbons (Fsp3) is 0.588. The first-order valence-electron chi connectivity index (χ1n) is 8.27. The number of nitrogens with one attached hydrogen (secondary N) is 2. The van der Waals surface area contributed by atoms with E-state index in [9.17, 15) is 9.59 Å². The number of carbonyl (C=O) groups is 2. The van der Waals surface area contributed by atoms with Crippen molar-refractivity contribution in [1.29, 1.82) is 0 Å². The molecule has 2 rings (SSSR count). The molecular formula is C17H26N4O2. The van der Waals surface area contributed by atoms with Crippen LogP contribution in [-0.2, 0) is 9.59 Å². The number of anilines is 1. The van der Waals surface area contributed by atoms with Crippen molar-refractivity contribution in [3.63, 3.8) is 0 Å². The van der Waals surface area contributed by atoms with Crippen LogP contribution in [-0.4, -0.2) is 43.0 Å². The summed E-state index contributed by atoms with van der Waals surface area (Å²) < 4.78 is 0. The van der Waals surface area contributed by atoms with E-state index in [1.165, 1.54) is 0 Å². The molecule has 0 saturated carbocycles. The Bertz CT molecular complexity index is 511. The lowest BCUT2D eigenvalue weighted by Gasteiger charge is -2.33. The lowest BCUT2D eigenvalue weighted by atomic mass is 9.96. The molecule has 0 aromatic carbocycles. The Labute approximate surface area is 137 Å². The number of amides is 2. The minimum atomic E-state index is -0.536. The number of nitrogens with zero attached hydrogens (tertiary/aromatic N) is 2. The Morgan fingerprint density at radius 3 is 2.57 bits per heavy atom. The van der Waals surface area contributed by atoms with Gasteiger partial charge in [0.05, 0.1) is 11.9 Å². The molecule has 6 nitrogen and oxygen atoms in total. The molecule has 126 valence electrons. The van der Waals surface area contributed by atoms with Crippen LogP contribution in [0.1, 0.15) is 26.7 Å². The van der Waals surface area contributed by atoms with E-state index in [1.807, 2.05) is 26.1 Å². The third-order valence-electron chi connectivity index (χ3n) is 4.05. The fourth-order valence-corrected chi connectivity index (χ4v) is 2.63. The van der Waals surface area contributed by atoms with Crippen molar-refractivity contribution in [2.75, 3.05) is 31.1 Å². The smallest absolute Gasteiger partial charge is 0.309 e. The highest BCUT2D eigenvalue weighted by Gasteiger charge is 2.21. The zero-order valence-corrected chi connectivity index (χ0v) is 13.9. The zero-order chi connectivity index (χ0) is 16.7. The Kier molecular flexibility index (Phi) is 6.38. The first kappa shape index (κ1) is 17.2. The van der Waals surface area contributed by atoms with Gasteiger partial charge in [0, 0.05) is 32.4 Å². The molecule has 0 bridgehead atoms. The third kappa shape index (κ3) is 5.54. The van der Waals surface area contributed by atoms with E-state index in [-0.39, 0.29) is 0 Å². The Hall–Kier alpha value is -2.11. The molecule has 2 N–H and O–H groups in total. The first-order valence-corrected chi connectivity index (χ1v) is 8.27. The number of pyridine rings is 1. The van der Waals surface area contributed by atoms with Gasteiger partial charge in [0.25, 0.3) is 0 Å². The van der Waals surface area contributed by atoms with Gasteiger partial charge in [-0.05, 0) is 36.8 Å². The minimum Gasteiger partial charge on any atom is -0.370 e. The predicted molar refractivity (Wildman–Crippen MR) is 90.0 cm³/mol. The molecule has 2 amide bonds. The van der Waals surface area contributed by atoms with Crippen LogP contribution in [0.25, 0.3) is 0 Å². The van der Waals surface area contributed by atoms with Gasteiger partial charge >= 0.3 is 11.8 Å². The summed E-state index contributed by atoms with van der Waals surface area (Å²) in [5.74, 6) is -0.305. The van der Waals surface area contributed by atoms with Crippen molar-refractivity contribution >= 4 is 17.5 Å². The topological polar surface area (TPSA) is 74.3 Å². The average molecular weight is 318 g/mol. The molecular weight excluding hydrogens is 292 g/mol. The second kappa shape index (κ2) is 8.50. The van der Waals surface area contributed by atoms with E-state index < -0.39 is 11.8 Å². The van der Waals surface area contributed by atoms with E-state index in [0.717, 1.165) is 31.6 Å². The van der Waals surface area contributed by atoms with Gasteiger partial charge in [-0.1, -0.05) is 13.8 Å². The second-order valence-corrected chi connectivity index (χ2v) is 6.46. The van der Waals surface area contributed by atoms with Gasteiger partial charge in [0.1, 0.15) is 0 Å². The van der Waals surface area contributed by atoms with Crippen LogP contribution in [0.5, 0.6) is 0 Å². The molecule has 0 unspecified atom stereocenters. The van der Waals surface area contributed by atoms with Crippen LogP contribution >= 0.6 is 0 Å². The molecule has 1 aromatic heterocycles. The Morgan fingerprint density at radius 1 is 1.26 bits per heavy atom. The Balaban J connectivity index is 1.68. The first-order chi connectivity index (χ1) is 11.1. The molecule has 1 fully saturated rings. The van der Waals surface area contributed by atoms with Gasteiger partial charge in [-0.2, -0.15) is 0 Å². The number of hydrogen-bond acceptors (Lipinski definition) is 4. The van der Waals surface area contributed by atoms with Crippen LogP contribution in [0.4, 0.5) is 5.69 Å². The number of rotatable bonds is 5. The van der Waals surface area contributed by atoms with Crippen molar-refractivity contribution in [3.8, 4) is 0 Å². The average Bonchev–Trinajstić information content (AvgIpc) is 2.58. The lowest BCUT2D eigenvalue weighted by Crippen LogP contribution is -2.44. The van der Waals surface area contributed by atoms with Crippen molar-refractivity contribution in [3.05, 3.63) is 24.5 Å². The molecule has 1 aromatic rings.